The quantitative estimate of drug-likeness (QED) is 0.745. The van der Waals surface area contributed by atoms with Crippen LogP contribution in [-0.2, 0) is 4.74 Å². The maximum Gasteiger partial charge on any atom is 0.0860 e. The van der Waals surface area contributed by atoms with Crippen LogP contribution < -0.4 is 5.32 Å². The zero-order valence-corrected chi connectivity index (χ0v) is 14.8. The second-order valence-electron chi connectivity index (χ2n) is 4.05. The molecule has 1 rings (SSSR count). The fraction of sp³-hybridized carbons (Fsp3) is 0.474. The Morgan fingerprint density at radius 2 is 1.62 bits per heavy atom. The van der Waals surface area contributed by atoms with Crippen molar-refractivity contribution < 1.29 is 4.74 Å². The molecule has 0 aliphatic carbocycles. The highest BCUT2D eigenvalue weighted by atomic mass is 16.5. The first-order chi connectivity index (χ1) is 10.1. The minimum atomic E-state index is 0.527. The van der Waals surface area contributed by atoms with E-state index >= 15 is 0 Å². The molecule has 0 bridgehead atoms. The van der Waals surface area contributed by atoms with Crippen LogP contribution in [0.25, 0.3) is 5.57 Å². The predicted molar refractivity (Wildman–Crippen MR) is 96.5 cm³/mol. The average molecular weight is 291 g/mol. The molecule has 2 heteroatoms. The summed E-state index contributed by atoms with van der Waals surface area (Å²) in [6.07, 6.45) is 0. The molecule has 0 saturated carbocycles. The lowest BCUT2D eigenvalue weighted by Gasteiger charge is -2.11. The van der Waals surface area contributed by atoms with E-state index in [0.717, 1.165) is 17.8 Å². The van der Waals surface area contributed by atoms with E-state index in [9.17, 15) is 0 Å². The third-order valence-electron chi connectivity index (χ3n) is 2.51. The Labute approximate surface area is 131 Å². The first-order valence-corrected chi connectivity index (χ1v) is 7.88. The van der Waals surface area contributed by atoms with Crippen molar-refractivity contribution in [3.05, 3.63) is 54.2 Å². The highest BCUT2D eigenvalue weighted by molar-refractivity contribution is 5.66. The predicted octanol–water partition coefficient (Wildman–Crippen LogP) is 5.20. The first-order valence-electron chi connectivity index (χ1n) is 7.88. The molecule has 0 spiro atoms. The molecule has 0 aliphatic heterocycles. The van der Waals surface area contributed by atoms with Crippen molar-refractivity contribution in [2.45, 2.75) is 41.5 Å². The van der Waals surface area contributed by atoms with Crippen LogP contribution >= 0.6 is 0 Å². The van der Waals surface area contributed by atoms with Gasteiger partial charge in [-0.1, -0.05) is 65.1 Å². The standard InChI is InChI=1S/C15H21NO.2C2H6/c1-5-16-14(4)11-17-10-13(3)15-9-7-6-8-12(15)2;2*1-2/h6-9,16H,3-5,10-11H2,1-2H3;2*1-2H3. The fourth-order valence-electron chi connectivity index (χ4n) is 1.65. The van der Waals surface area contributed by atoms with Gasteiger partial charge in [-0.2, -0.15) is 0 Å². The van der Waals surface area contributed by atoms with Crippen LogP contribution in [0.2, 0.25) is 0 Å². The van der Waals surface area contributed by atoms with Gasteiger partial charge in [0.15, 0.2) is 0 Å². The molecule has 1 aromatic rings. The molecule has 2 nitrogen and oxygen atoms in total. The highest BCUT2D eigenvalue weighted by Gasteiger charge is 2.02. The maximum absolute atomic E-state index is 5.56. The van der Waals surface area contributed by atoms with Crippen LogP contribution in [0.3, 0.4) is 0 Å². The molecule has 0 atom stereocenters. The Morgan fingerprint density at radius 1 is 1.05 bits per heavy atom. The van der Waals surface area contributed by atoms with Crippen molar-refractivity contribution in [1.82, 2.24) is 5.32 Å². The van der Waals surface area contributed by atoms with Gasteiger partial charge >= 0.3 is 0 Å². The third-order valence-corrected chi connectivity index (χ3v) is 2.51. The van der Waals surface area contributed by atoms with Gasteiger partial charge in [0, 0.05) is 12.2 Å². The van der Waals surface area contributed by atoms with Crippen molar-refractivity contribution in [1.29, 1.82) is 0 Å². The number of benzene rings is 1. The molecule has 1 N–H and O–H groups in total. The Hall–Kier alpha value is -1.54. The van der Waals surface area contributed by atoms with Crippen molar-refractivity contribution in [2.75, 3.05) is 19.8 Å². The number of ether oxygens (including phenoxy) is 1. The number of hydrogen-bond donors (Lipinski definition) is 1. The van der Waals surface area contributed by atoms with Gasteiger partial charge < -0.3 is 10.1 Å². The average Bonchev–Trinajstić information content (AvgIpc) is 2.52. The zero-order valence-electron chi connectivity index (χ0n) is 14.8. The van der Waals surface area contributed by atoms with Gasteiger partial charge in [0.05, 0.1) is 13.2 Å². The van der Waals surface area contributed by atoms with Gasteiger partial charge in [0.2, 0.25) is 0 Å². The minimum absolute atomic E-state index is 0.527. The molecule has 0 amide bonds. The summed E-state index contributed by atoms with van der Waals surface area (Å²) < 4.78 is 5.56. The van der Waals surface area contributed by atoms with Gasteiger partial charge in [-0.3, -0.25) is 0 Å². The number of likely N-dealkylation sites (N-methyl/N-ethyl adjacent to an activating group) is 1. The number of aryl methyl sites for hydroxylation is 1. The lowest BCUT2D eigenvalue weighted by Crippen LogP contribution is -2.16. The molecule has 0 aliphatic rings. The summed E-state index contributed by atoms with van der Waals surface area (Å²) in [7, 11) is 0. The van der Waals surface area contributed by atoms with Crippen molar-refractivity contribution in [3.8, 4) is 0 Å². The van der Waals surface area contributed by atoms with Gasteiger partial charge in [-0.05, 0) is 30.5 Å². The van der Waals surface area contributed by atoms with Gasteiger partial charge in [-0.15, -0.1) is 0 Å². The molecule has 0 heterocycles. The molecule has 120 valence electrons. The summed E-state index contributed by atoms with van der Waals surface area (Å²) in [5.74, 6) is 0. The fourth-order valence-corrected chi connectivity index (χ4v) is 1.65. The minimum Gasteiger partial charge on any atom is -0.387 e. The van der Waals surface area contributed by atoms with Crippen LogP contribution in [0.4, 0.5) is 0 Å². The molecule has 0 saturated heterocycles. The summed E-state index contributed by atoms with van der Waals surface area (Å²) in [6, 6.07) is 8.20. The van der Waals surface area contributed by atoms with Crippen molar-refractivity contribution in [3.63, 3.8) is 0 Å². The van der Waals surface area contributed by atoms with E-state index in [1.165, 1.54) is 11.1 Å². The number of rotatable bonds is 7. The summed E-state index contributed by atoms with van der Waals surface area (Å²) >= 11 is 0. The van der Waals surface area contributed by atoms with Crippen LogP contribution in [0.15, 0.2) is 43.1 Å². The topological polar surface area (TPSA) is 21.3 Å². The molecule has 0 radical (unpaired) electrons. The Kier molecular flexibility index (Phi) is 15.4. The Bertz CT molecular complexity index is 396. The van der Waals surface area contributed by atoms with E-state index in [-0.39, 0.29) is 0 Å². The highest BCUT2D eigenvalue weighted by Crippen LogP contribution is 2.16. The van der Waals surface area contributed by atoms with E-state index in [2.05, 4.69) is 37.5 Å². The smallest absolute Gasteiger partial charge is 0.0860 e. The first kappa shape index (κ1) is 21.8. The molecule has 0 fully saturated rings. The van der Waals surface area contributed by atoms with Gasteiger partial charge in [-0.25, -0.2) is 0 Å². The lowest BCUT2D eigenvalue weighted by molar-refractivity contribution is 0.188. The van der Waals surface area contributed by atoms with Crippen molar-refractivity contribution in [2.24, 2.45) is 0 Å². The lowest BCUT2D eigenvalue weighted by atomic mass is 10.0. The maximum atomic E-state index is 5.56. The van der Waals surface area contributed by atoms with Gasteiger partial charge in [0.1, 0.15) is 0 Å². The van der Waals surface area contributed by atoms with Crippen LogP contribution in [0, 0.1) is 6.92 Å². The van der Waals surface area contributed by atoms with Crippen molar-refractivity contribution >= 4 is 5.57 Å². The van der Waals surface area contributed by atoms with E-state index in [1.54, 1.807) is 0 Å². The molecule has 21 heavy (non-hydrogen) atoms. The Morgan fingerprint density at radius 3 is 2.14 bits per heavy atom. The van der Waals surface area contributed by atoms with E-state index in [0.29, 0.717) is 13.2 Å². The number of nitrogens with one attached hydrogen (secondary N) is 1. The second kappa shape index (κ2) is 14.9. The SMILES string of the molecule is C=C(COCC(=C)c1ccccc1C)NCC.CC.CC. The van der Waals surface area contributed by atoms with Crippen LogP contribution in [0.1, 0.15) is 45.7 Å². The van der Waals surface area contributed by atoms with Crippen LogP contribution in [-0.4, -0.2) is 19.8 Å². The summed E-state index contributed by atoms with van der Waals surface area (Å²) in [5.41, 5.74) is 4.31. The summed E-state index contributed by atoms with van der Waals surface area (Å²) in [6.45, 7) is 22.0. The largest absolute Gasteiger partial charge is 0.387 e. The van der Waals surface area contributed by atoms with E-state index in [4.69, 9.17) is 4.74 Å². The summed E-state index contributed by atoms with van der Waals surface area (Å²) in [5, 5.41) is 3.12. The molecular formula is C19H33NO. The summed E-state index contributed by atoms with van der Waals surface area (Å²) in [4.78, 5) is 0. The van der Waals surface area contributed by atoms with Crippen LogP contribution in [0.5, 0.6) is 0 Å². The molecular weight excluding hydrogens is 258 g/mol. The zero-order chi connectivity index (χ0) is 16.7. The molecule has 0 unspecified atom stereocenters. The van der Waals surface area contributed by atoms with Gasteiger partial charge in [0.25, 0.3) is 0 Å². The van der Waals surface area contributed by atoms with E-state index < -0.39 is 0 Å². The second-order valence-corrected chi connectivity index (χ2v) is 4.05. The normalized spacial score (nSPS) is 8.67. The Balaban J connectivity index is 0. The third kappa shape index (κ3) is 9.91. The monoisotopic (exact) mass is 291 g/mol. The van der Waals surface area contributed by atoms with E-state index in [1.807, 2.05) is 46.8 Å². The molecule has 1 aromatic carbocycles. The molecule has 0 aromatic heterocycles. The number of hydrogen-bond acceptors (Lipinski definition) is 2.